The molecule has 0 aliphatic heterocycles. The summed E-state index contributed by atoms with van der Waals surface area (Å²) >= 11 is 3.49. The van der Waals surface area contributed by atoms with Crippen LogP contribution in [0.5, 0.6) is 0 Å². The van der Waals surface area contributed by atoms with Gasteiger partial charge in [-0.2, -0.15) is 0 Å². The highest BCUT2D eigenvalue weighted by atomic mass is 79.9. The average molecular weight is 443 g/mol. The molecule has 144 valence electrons. The van der Waals surface area contributed by atoms with Gasteiger partial charge < -0.3 is 18.6 Å². The van der Waals surface area contributed by atoms with Crippen molar-refractivity contribution in [3.8, 4) is 0 Å². The fourth-order valence-electron chi connectivity index (χ4n) is 2.80. The molecule has 0 aromatic carbocycles. The molecule has 0 saturated carbocycles. The van der Waals surface area contributed by atoms with E-state index in [1.54, 1.807) is 24.7 Å². The molecule has 0 fully saturated rings. The first-order valence-electron chi connectivity index (χ1n) is 8.71. The van der Waals surface area contributed by atoms with Crippen LogP contribution in [0.4, 0.5) is 0 Å². The third-order valence-electron chi connectivity index (χ3n) is 4.29. The summed E-state index contributed by atoms with van der Waals surface area (Å²) in [4.78, 5) is 25.3. The Labute approximate surface area is 163 Å². The van der Waals surface area contributed by atoms with Gasteiger partial charge in [0.2, 0.25) is 0 Å². The Morgan fingerprint density at radius 1 is 1.31 bits per heavy atom. The molecule has 2 rings (SSSR count). The molecule has 0 aliphatic rings. The van der Waals surface area contributed by atoms with Crippen LogP contribution in [-0.2, 0) is 23.3 Å². The minimum absolute atomic E-state index is 0.171. The van der Waals surface area contributed by atoms with Crippen molar-refractivity contribution in [1.82, 2.24) is 9.13 Å². The molecule has 8 heteroatoms. The van der Waals surface area contributed by atoms with Gasteiger partial charge in [0.25, 0.3) is 5.56 Å². The maximum absolute atomic E-state index is 12.8. The van der Waals surface area contributed by atoms with Gasteiger partial charge in [0.15, 0.2) is 0 Å². The van der Waals surface area contributed by atoms with Crippen molar-refractivity contribution in [2.75, 3.05) is 13.2 Å². The van der Waals surface area contributed by atoms with Crippen molar-refractivity contribution in [1.29, 1.82) is 0 Å². The smallest absolute Gasteiger partial charge is 0.340 e. The quantitative estimate of drug-likeness (QED) is 0.370. The van der Waals surface area contributed by atoms with E-state index in [1.165, 1.54) is 4.57 Å². The third kappa shape index (κ3) is 4.29. The van der Waals surface area contributed by atoms with Crippen molar-refractivity contribution in [3.63, 3.8) is 0 Å². The highest BCUT2D eigenvalue weighted by molar-refractivity contribution is 9.10. The van der Waals surface area contributed by atoms with E-state index < -0.39 is 14.0 Å². The molecule has 0 atom stereocenters. The number of rotatable bonds is 7. The maximum Gasteiger partial charge on any atom is 0.340 e. The number of hydrogen-bond acceptors (Lipinski definition) is 4. The molecule has 26 heavy (non-hydrogen) atoms. The van der Waals surface area contributed by atoms with Crippen LogP contribution in [0, 0.1) is 6.92 Å². The maximum atomic E-state index is 12.8. The Hall–Kier alpha value is -1.38. The van der Waals surface area contributed by atoms with E-state index in [1.807, 2.05) is 6.92 Å². The van der Waals surface area contributed by atoms with Crippen molar-refractivity contribution >= 4 is 40.9 Å². The minimum Gasteiger partial charge on any atom is -0.462 e. The van der Waals surface area contributed by atoms with E-state index in [-0.39, 0.29) is 18.9 Å². The molecule has 0 saturated heterocycles. The Balaban J connectivity index is 2.53. The monoisotopic (exact) mass is 442 g/mol. The third-order valence-corrected chi connectivity index (χ3v) is 6.59. The number of fused-ring (bicyclic) bond motifs is 1. The summed E-state index contributed by atoms with van der Waals surface area (Å²) in [6.07, 6.45) is 1.67. The number of carbonyl (C=O) groups is 1. The zero-order valence-corrected chi connectivity index (χ0v) is 18.9. The van der Waals surface area contributed by atoms with Crippen LogP contribution in [0.1, 0.15) is 23.0 Å². The number of aromatic nitrogens is 2. The van der Waals surface area contributed by atoms with Crippen molar-refractivity contribution in [3.05, 3.63) is 32.3 Å². The van der Waals surface area contributed by atoms with Crippen molar-refractivity contribution in [2.45, 2.75) is 46.3 Å². The average Bonchev–Trinajstić information content (AvgIpc) is 2.82. The number of carbonyl (C=O) groups excluding carboxylic acids is 1. The molecule has 0 spiro atoms. The van der Waals surface area contributed by atoms with Crippen LogP contribution in [0.15, 0.2) is 15.5 Å². The summed E-state index contributed by atoms with van der Waals surface area (Å²) in [6, 6.07) is 1.04. The number of aryl methyl sites for hydroxylation is 1. The first kappa shape index (κ1) is 20.9. The standard InChI is InChI=1S/C18H27BrN2O4Si/c1-7-25-18(23)14-12(2)21(11-24-8-9-26(4,5)6)16-15(14)13(19)10-20(3)17(16)22/h10H,7-9,11H2,1-6H3. The Kier molecular flexibility index (Phi) is 6.52. The first-order valence-corrected chi connectivity index (χ1v) is 13.2. The van der Waals surface area contributed by atoms with E-state index in [4.69, 9.17) is 9.47 Å². The molecule has 0 amide bonds. The number of hydrogen-bond donors (Lipinski definition) is 0. The lowest BCUT2D eigenvalue weighted by molar-refractivity contribution is 0.0525. The fraction of sp³-hybridized carbons (Fsp3) is 0.556. The molecule has 2 heterocycles. The van der Waals surface area contributed by atoms with Gasteiger partial charge in [0.1, 0.15) is 12.2 Å². The summed E-state index contributed by atoms with van der Waals surface area (Å²) in [5, 5.41) is 0.581. The van der Waals surface area contributed by atoms with Crippen LogP contribution >= 0.6 is 15.9 Å². The molecule has 2 aromatic heterocycles. The highest BCUT2D eigenvalue weighted by Crippen LogP contribution is 2.30. The number of esters is 1. The molecular formula is C18H27BrN2O4Si. The van der Waals surface area contributed by atoms with Crippen LogP contribution in [-0.4, -0.2) is 36.4 Å². The predicted molar refractivity (Wildman–Crippen MR) is 110 cm³/mol. The number of pyridine rings is 1. The molecule has 0 radical (unpaired) electrons. The number of nitrogens with zero attached hydrogens (tertiary/aromatic N) is 2. The van der Waals surface area contributed by atoms with Crippen molar-refractivity contribution < 1.29 is 14.3 Å². The summed E-state index contributed by atoms with van der Waals surface area (Å²) in [7, 11) is 0.493. The summed E-state index contributed by atoms with van der Waals surface area (Å²) < 4.78 is 15.0. The van der Waals surface area contributed by atoms with Gasteiger partial charge >= 0.3 is 5.97 Å². The van der Waals surface area contributed by atoms with E-state index in [0.29, 0.717) is 33.2 Å². The van der Waals surface area contributed by atoms with E-state index in [2.05, 4.69) is 35.6 Å². The zero-order valence-electron chi connectivity index (χ0n) is 16.3. The predicted octanol–water partition coefficient (Wildman–Crippen LogP) is 3.90. The molecule has 0 N–H and O–H groups in total. The Morgan fingerprint density at radius 3 is 2.54 bits per heavy atom. The Morgan fingerprint density at radius 2 is 1.96 bits per heavy atom. The van der Waals surface area contributed by atoms with E-state index >= 15 is 0 Å². The van der Waals surface area contributed by atoms with E-state index in [0.717, 1.165) is 6.04 Å². The summed E-state index contributed by atoms with van der Waals surface area (Å²) in [6.45, 7) is 11.6. The molecule has 0 bridgehead atoms. The minimum atomic E-state index is -1.20. The fourth-order valence-corrected chi connectivity index (χ4v) is 4.25. The van der Waals surface area contributed by atoms with Crippen molar-refractivity contribution in [2.24, 2.45) is 7.05 Å². The molecular weight excluding hydrogens is 416 g/mol. The van der Waals surface area contributed by atoms with E-state index in [9.17, 15) is 9.59 Å². The second kappa shape index (κ2) is 8.10. The van der Waals surface area contributed by atoms with Crippen LogP contribution in [0.3, 0.4) is 0 Å². The van der Waals surface area contributed by atoms with Gasteiger partial charge in [-0.3, -0.25) is 4.79 Å². The lowest BCUT2D eigenvalue weighted by Gasteiger charge is -2.16. The molecule has 0 aliphatic carbocycles. The topological polar surface area (TPSA) is 62.5 Å². The number of halogens is 1. The normalized spacial score (nSPS) is 12.0. The second-order valence-corrected chi connectivity index (χ2v) is 14.0. The van der Waals surface area contributed by atoms with Gasteiger partial charge in [0, 0.05) is 43.5 Å². The molecule has 2 aromatic rings. The van der Waals surface area contributed by atoms with Gasteiger partial charge in [-0.25, -0.2) is 4.79 Å². The summed E-state index contributed by atoms with van der Waals surface area (Å²) in [5.74, 6) is -0.426. The van der Waals surface area contributed by atoms with Gasteiger partial charge in [-0.05, 0) is 35.8 Å². The first-order chi connectivity index (χ1) is 12.1. The van der Waals surface area contributed by atoms with Gasteiger partial charge in [-0.15, -0.1) is 0 Å². The second-order valence-electron chi connectivity index (χ2n) is 7.57. The number of ether oxygens (including phenoxy) is 2. The van der Waals surface area contributed by atoms with Gasteiger partial charge in [-0.1, -0.05) is 19.6 Å². The largest absolute Gasteiger partial charge is 0.462 e. The zero-order chi connectivity index (χ0) is 19.6. The highest BCUT2D eigenvalue weighted by Gasteiger charge is 2.25. The lowest BCUT2D eigenvalue weighted by Crippen LogP contribution is -2.23. The van der Waals surface area contributed by atoms with Crippen LogP contribution in [0.2, 0.25) is 25.7 Å². The molecule has 0 unspecified atom stereocenters. The molecule has 6 nitrogen and oxygen atoms in total. The Bertz CT molecular complexity index is 880. The van der Waals surface area contributed by atoms with Crippen LogP contribution in [0.25, 0.3) is 10.9 Å². The lowest BCUT2D eigenvalue weighted by atomic mass is 10.1. The van der Waals surface area contributed by atoms with Crippen LogP contribution < -0.4 is 5.56 Å². The SMILES string of the molecule is CCOC(=O)c1c(C)n(COCC[Si](C)(C)C)c2c(=O)n(C)cc(Br)c12. The van der Waals surface area contributed by atoms with Gasteiger partial charge in [0.05, 0.1) is 12.2 Å². The summed E-state index contributed by atoms with van der Waals surface area (Å²) in [5.41, 5.74) is 1.38.